The third-order valence-electron chi connectivity index (χ3n) is 2.36. The molecule has 0 aromatic carbocycles. The Morgan fingerprint density at radius 1 is 1.29 bits per heavy atom. The lowest BCUT2D eigenvalue weighted by molar-refractivity contribution is 0.410. The Kier molecular flexibility index (Phi) is 4.89. The molecule has 0 spiro atoms. The summed E-state index contributed by atoms with van der Waals surface area (Å²) in [6, 6.07) is 3.08. The Bertz CT molecular complexity index is 454. The van der Waals surface area contributed by atoms with E-state index in [9.17, 15) is 8.42 Å². The van der Waals surface area contributed by atoms with Crippen LogP contribution < -0.4 is 5.73 Å². The van der Waals surface area contributed by atoms with Crippen molar-refractivity contribution in [2.24, 2.45) is 0 Å². The van der Waals surface area contributed by atoms with Crippen molar-refractivity contribution in [3.8, 4) is 0 Å². The molecule has 17 heavy (non-hydrogen) atoms. The van der Waals surface area contributed by atoms with Gasteiger partial charge in [0.1, 0.15) is 10.7 Å². The zero-order valence-electron chi connectivity index (χ0n) is 10.3. The maximum atomic E-state index is 12.3. The number of nitrogen functional groups attached to an aromatic ring is 1. The molecule has 1 heterocycles. The second-order valence-electron chi connectivity index (χ2n) is 3.79. The average molecular weight is 257 g/mol. The summed E-state index contributed by atoms with van der Waals surface area (Å²) in [7, 11) is -3.51. The molecule has 2 N–H and O–H groups in total. The van der Waals surface area contributed by atoms with Crippen LogP contribution in [0.3, 0.4) is 0 Å². The number of hydrogen-bond donors (Lipinski definition) is 1. The van der Waals surface area contributed by atoms with Gasteiger partial charge in [0.2, 0.25) is 10.0 Å². The highest BCUT2D eigenvalue weighted by Gasteiger charge is 2.25. The number of sulfonamides is 1. The Morgan fingerprint density at radius 3 is 2.35 bits per heavy atom. The number of pyridine rings is 1. The van der Waals surface area contributed by atoms with Gasteiger partial charge >= 0.3 is 0 Å². The molecule has 0 bridgehead atoms. The SMILES string of the molecule is CCCN(CCC)S(=O)(=O)c1cccnc1N. The number of aromatic nitrogens is 1. The van der Waals surface area contributed by atoms with E-state index in [4.69, 9.17) is 5.73 Å². The molecule has 0 saturated carbocycles. The molecule has 0 amide bonds. The van der Waals surface area contributed by atoms with Crippen LogP contribution >= 0.6 is 0 Å². The second-order valence-corrected chi connectivity index (χ2v) is 5.70. The van der Waals surface area contributed by atoms with Gasteiger partial charge in [0, 0.05) is 19.3 Å². The van der Waals surface area contributed by atoms with Gasteiger partial charge in [-0.2, -0.15) is 4.31 Å². The lowest BCUT2D eigenvalue weighted by Gasteiger charge is -2.21. The summed E-state index contributed by atoms with van der Waals surface area (Å²) in [5.74, 6) is 0.0599. The van der Waals surface area contributed by atoms with E-state index in [2.05, 4.69) is 4.98 Å². The number of rotatable bonds is 6. The van der Waals surface area contributed by atoms with Crippen LogP contribution in [0.5, 0.6) is 0 Å². The molecule has 0 atom stereocenters. The summed E-state index contributed by atoms with van der Waals surface area (Å²) >= 11 is 0. The van der Waals surface area contributed by atoms with Gasteiger partial charge in [-0.05, 0) is 25.0 Å². The minimum absolute atomic E-state index is 0.0599. The molecular formula is C11H19N3O2S. The summed E-state index contributed by atoms with van der Waals surface area (Å²) in [6.07, 6.45) is 3.04. The third kappa shape index (κ3) is 3.17. The van der Waals surface area contributed by atoms with Gasteiger partial charge < -0.3 is 5.73 Å². The van der Waals surface area contributed by atoms with Crippen molar-refractivity contribution >= 4 is 15.8 Å². The van der Waals surface area contributed by atoms with Crippen molar-refractivity contribution in [2.45, 2.75) is 31.6 Å². The van der Waals surface area contributed by atoms with Gasteiger partial charge in [-0.3, -0.25) is 0 Å². The molecule has 1 aromatic heterocycles. The van der Waals surface area contributed by atoms with Gasteiger partial charge in [0.25, 0.3) is 0 Å². The smallest absolute Gasteiger partial charge is 0.246 e. The average Bonchev–Trinajstić information content (AvgIpc) is 2.29. The molecule has 5 nitrogen and oxygen atoms in total. The summed E-state index contributed by atoms with van der Waals surface area (Å²) < 4.78 is 26.1. The largest absolute Gasteiger partial charge is 0.383 e. The minimum Gasteiger partial charge on any atom is -0.383 e. The van der Waals surface area contributed by atoms with E-state index >= 15 is 0 Å². The third-order valence-corrected chi connectivity index (χ3v) is 4.31. The van der Waals surface area contributed by atoms with Crippen LogP contribution in [-0.2, 0) is 10.0 Å². The molecule has 0 aliphatic heterocycles. The van der Waals surface area contributed by atoms with E-state index in [1.54, 1.807) is 6.07 Å². The Balaban J connectivity index is 3.12. The highest BCUT2D eigenvalue weighted by atomic mass is 32.2. The molecular weight excluding hydrogens is 238 g/mol. The van der Waals surface area contributed by atoms with E-state index in [0.29, 0.717) is 13.1 Å². The normalized spacial score (nSPS) is 11.9. The van der Waals surface area contributed by atoms with E-state index in [0.717, 1.165) is 12.8 Å². The fourth-order valence-corrected chi connectivity index (χ4v) is 3.30. The summed E-state index contributed by atoms with van der Waals surface area (Å²) in [5.41, 5.74) is 5.62. The molecule has 0 radical (unpaired) electrons. The van der Waals surface area contributed by atoms with Gasteiger partial charge in [0.05, 0.1) is 0 Å². The van der Waals surface area contributed by atoms with E-state index < -0.39 is 10.0 Å². The fraction of sp³-hybridized carbons (Fsp3) is 0.545. The summed E-state index contributed by atoms with van der Waals surface area (Å²) in [4.78, 5) is 3.92. The van der Waals surface area contributed by atoms with Crippen molar-refractivity contribution in [3.63, 3.8) is 0 Å². The zero-order chi connectivity index (χ0) is 12.9. The van der Waals surface area contributed by atoms with Gasteiger partial charge in [-0.1, -0.05) is 13.8 Å². The molecule has 1 aromatic rings. The van der Waals surface area contributed by atoms with Crippen LogP contribution in [0.15, 0.2) is 23.2 Å². The van der Waals surface area contributed by atoms with E-state index in [1.807, 2.05) is 13.8 Å². The van der Waals surface area contributed by atoms with Crippen LogP contribution in [0, 0.1) is 0 Å². The number of anilines is 1. The molecule has 96 valence electrons. The molecule has 0 fully saturated rings. The Hall–Kier alpha value is -1.14. The predicted molar refractivity (Wildman–Crippen MR) is 68.0 cm³/mol. The first-order chi connectivity index (χ1) is 8.04. The van der Waals surface area contributed by atoms with Gasteiger partial charge in [-0.15, -0.1) is 0 Å². The molecule has 0 saturated heterocycles. The predicted octanol–water partition coefficient (Wildman–Crippen LogP) is 1.47. The first-order valence-corrected chi connectivity index (χ1v) is 7.18. The number of nitrogens with zero attached hydrogens (tertiary/aromatic N) is 2. The van der Waals surface area contributed by atoms with Crippen molar-refractivity contribution in [1.29, 1.82) is 0 Å². The van der Waals surface area contributed by atoms with Crippen molar-refractivity contribution in [1.82, 2.24) is 9.29 Å². The molecule has 6 heteroatoms. The zero-order valence-corrected chi connectivity index (χ0v) is 11.1. The maximum Gasteiger partial charge on any atom is 0.246 e. The van der Waals surface area contributed by atoms with Crippen molar-refractivity contribution < 1.29 is 8.42 Å². The van der Waals surface area contributed by atoms with Gasteiger partial charge in [0.15, 0.2) is 0 Å². The van der Waals surface area contributed by atoms with E-state index in [1.165, 1.54) is 16.6 Å². The number of hydrogen-bond acceptors (Lipinski definition) is 4. The highest BCUT2D eigenvalue weighted by molar-refractivity contribution is 7.89. The van der Waals surface area contributed by atoms with Crippen LogP contribution in [0.4, 0.5) is 5.82 Å². The standard InChI is InChI=1S/C11H19N3O2S/c1-3-8-14(9-4-2)17(15,16)10-6-5-7-13-11(10)12/h5-7H,3-4,8-9H2,1-2H3,(H2,12,13). The monoisotopic (exact) mass is 257 g/mol. The lowest BCUT2D eigenvalue weighted by Crippen LogP contribution is -2.33. The van der Waals surface area contributed by atoms with E-state index in [-0.39, 0.29) is 10.7 Å². The highest BCUT2D eigenvalue weighted by Crippen LogP contribution is 2.20. The lowest BCUT2D eigenvalue weighted by atomic mass is 10.4. The van der Waals surface area contributed by atoms with Crippen LogP contribution in [0.25, 0.3) is 0 Å². The molecule has 0 aliphatic carbocycles. The first-order valence-electron chi connectivity index (χ1n) is 5.74. The van der Waals surface area contributed by atoms with Crippen LogP contribution in [0.2, 0.25) is 0 Å². The molecule has 1 rings (SSSR count). The maximum absolute atomic E-state index is 12.3. The summed E-state index contributed by atoms with van der Waals surface area (Å²) in [5, 5.41) is 0. The first kappa shape index (κ1) is 13.9. The fourth-order valence-electron chi connectivity index (χ4n) is 1.61. The van der Waals surface area contributed by atoms with Crippen LogP contribution in [0.1, 0.15) is 26.7 Å². The second kappa shape index (κ2) is 5.97. The van der Waals surface area contributed by atoms with Crippen molar-refractivity contribution in [3.05, 3.63) is 18.3 Å². The topological polar surface area (TPSA) is 76.3 Å². The molecule has 0 unspecified atom stereocenters. The van der Waals surface area contributed by atoms with Gasteiger partial charge in [-0.25, -0.2) is 13.4 Å². The Morgan fingerprint density at radius 2 is 1.88 bits per heavy atom. The quantitative estimate of drug-likeness (QED) is 0.837. The molecule has 0 aliphatic rings. The summed E-state index contributed by atoms with van der Waals surface area (Å²) in [6.45, 7) is 4.91. The Labute approximate surface area is 103 Å². The van der Waals surface area contributed by atoms with Crippen molar-refractivity contribution in [2.75, 3.05) is 18.8 Å². The van der Waals surface area contributed by atoms with Crippen LogP contribution in [-0.4, -0.2) is 30.8 Å². The minimum atomic E-state index is -3.51. The number of nitrogens with two attached hydrogens (primary N) is 1.